The van der Waals surface area contributed by atoms with E-state index in [1.54, 1.807) is 0 Å². The Morgan fingerprint density at radius 1 is 1.14 bits per heavy atom. The van der Waals surface area contributed by atoms with Crippen LogP contribution in [0.25, 0.3) is 0 Å². The zero-order chi connectivity index (χ0) is 10.7. The molecule has 0 bridgehead atoms. The molecule has 2 unspecified atom stereocenters. The third-order valence-electron chi connectivity index (χ3n) is 3.65. The highest BCUT2D eigenvalue weighted by molar-refractivity contribution is 4.84. The maximum atomic E-state index is 3.64. The lowest BCUT2D eigenvalue weighted by Crippen LogP contribution is -2.55. The molecular weight excluding hydrogens is 172 g/mol. The molecule has 0 aromatic carbocycles. The summed E-state index contributed by atoms with van der Waals surface area (Å²) in [6, 6.07) is 1.38. The SMILES string of the molecule is CC(C)C(C)C1CN(C(C)C)CCN1. The van der Waals surface area contributed by atoms with Crippen LogP contribution >= 0.6 is 0 Å². The molecule has 2 atom stereocenters. The van der Waals surface area contributed by atoms with Crippen molar-refractivity contribution < 1.29 is 0 Å². The molecule has 0 spiro atoms. The van der Waals surface area contributed by atoms with Crippen LogP contribution in [0.1, 0.15) is 34.6 Å². The minimum Gasteiger partial charge on any atom is -0.311 e. The molecule has 1 N–H and O–H groups in total. The Morgan fingerprint density at radius 2 is 1.79 bits per heavy atom. The van der Waals surface area contributed by atoms with Crippen LogP contribution in [0.3, 0.4) is 0 Å². The Kier molecular flexibility index (Phi) is 4.39. The molecule has 84 valence electrons. The van der Waals surface area contributed by atoms with E-state index in [9.17, 15) is 0 Å². The van der Waals surface area contributed by atoms with Gasteiger partial charge in [-0.3, -0.25) is 4.90 Å². The van der Waals surface area contributed by atoms with Crippen LogP contribution in [-0.2, 0) is 0 Å². The molecule has 0 saturated carbocycles. The highest BCUT2D eigenvalue weighted by Crippen LogP contribution is 2.18. The van der Waals surface area contributed by atoms with E-state index in [0.717, 1.165) is 18.4 Å². The summed E-state index contributed by atoms with van der Waals surface area (Å²) in [5.74, 6) is 1.55. The average Bonchev–Trinajstić information content (AvgIpc) is 2.16. The van der Waals surface area contributed by atoms with E-state index in [1.165, 1.54) is 13.1 Å². The van der Waals surface area contributed by atoms with Crippen molar-refractivity contribution in [3.63, 3.8) is 0 Å². The van der Waals surface area contributed by atoms with E-state index in [0.29, 0.717) is 12.1 Å². The van der Waals surface area contributed by atoms with Crippen LogP contribution in [0.4, 0.5) is 0 Å². The lowest BCUT2D eigenvalue weighted by molar-refractivity contribution is 0.126. The van der Waals surface area contributed by atoms with E-state index < -0.39 is 0 Å². The monoisotopic (exact) mass is 198 g/mol. The molecule has 1 rings (SSSR count). The number of piperazine rings is 1. The molecule has 1 saturated heterocycles. The van der Waals surface area contributed by atoms with Gasteiger partial charge in [-0.15, -0.1) is 0 Å². The van der Waals surface area contributed by atoms with Crippen LogP contribution < -0.4 is 5.32 Å². The standard InChI is InChI=1S/C12H26N2/c1-9(2)11(5)12-8-14(10(3)4)7-6-13-12/h9-13H,6-8H2,1-5H3. The van der Waals surface area contributed by atoms with E-state index in [1.807, 2.05) is 0 Å². The molecular formula is C12H26N2. The van der Waals surface area contributed by atoms with Gasteiger partial charge in [-0.25, -0.2) is 0 Å². The van der Waals surface area contributed by atoms with Crippen molar-refractivity contribution in [2.45, 2.75) is 46.7 Å². The highest BCUT2D eigenvalue weighted by atomic mass is 15.2. The number of nitrogens with zero attached hydrogens (tertiary/aromatic N) is 1. The van der Waals surface area contributed by atoms with Gasteiger partial charge in [0.05, 0.1) is 0 Å². The van der Waals surface area contributed by atoms with Gasteiger partial charge < -0.3 is 5.32 Å². The largest absolute Gasteiger partial charge is 0.311 e. The van der Waals surface area contributed by atoms with Crippen molar-refractivity contribution in [1.29, 1.82) is 0 Å². The lowest BCUT2D eigenvalue weighted by Gasteiger charge is -2.40. The second kappa shape index (κ2) is 5.13. The highest BCUT2D eigenvalue weighted by Gasteiger charge is 2.26. The molecule has 2 nitrogen and oxygen atoms in total. The molecule has 2 heteroatoms. The third-order valence-corrected chi connectivity index (χ3v) is 3.65. The zero-order valence-corrected chi connectivity index (χ0v) is 10.4. The van der Waals surface area contributed by atoms with Gasteiger partial charge in [-0.1, -0.05) is 20.8 Å². The Morgan fingerprint density at radius 3 is 2.29 bits per heavy atom. The van der Waals surface area contributed by atoms with Crippen molar-refractivity contribution in [2.75, 3.05) is 19.6 Å². The Hall–Kier alpha value is -0.0800. The predicted octanol–water partition coefficient (Wildman–Crippen LogP) is 1.96. The molecule has 0 amide bonds. The predicted molar refractivity (Wildman–Crippen MR) is 62.5 cm³/mol. The van der Waals surface area contributed by atoms with E-state index >= 15 is 0 Å². The molecule has 1 heterocycles. The minimum absolute atomic E-state index is 0.686. The van der Waals surface area contributed by atoms with Crippen molar-refractivity contribution in [3.05, 3.63) is 0 Å². The summed E-state index contributed by atoms with van der Waals surface area (Å²) < 4.78 is 0. The molecule has 14 heavy (non-hydrogen) atoms. The Bertz CT molecular complexity index is 160. The van der Waals surface area contributed by atoms with Crippen molar-refractivity contribution >= 4 is 0 Å². The zero-order valence-electron chi connectivity index (χ0n) is 10.4. The van der Waals surface area contributed by atoms with E-state index in [-0.39, 0.29) is 0 Å². The molecule has 1 aliphatic heterocycles. The normalized spacial score (nSPS) is 27.2. The molecule has 1 fully saturated rings. The van der Waals surface area contributed by atoms with Gasteiger partial charge in [0.2, 0.25) is 0 Å². The number of hydrogen-bond donors (Lipinski definition) is 1. The Labute approximate surface area is 89.1 Å². The van der Waals surface area contributed by atoms with Crippen molar-refractivity contribution in [2.24, 2.45) is 11.8 Å². The van der Waals surface area contributed by atoms with Gasteiger partial charge in [-0.2, -0.15) is 0 Å². The van der Waals surface area contributed by atoms with Crippen LogP contribution in [-0.4, -0.2) is 36.6 Å². The van der Waals surface area contributed by atoms with Crippen LogP contribution in [0.2, 0.25) is 0 Å². The van der Waals surface area contributed by atoms with Crippen molar-refractivity contribution in [1.82, 2.24) is 10.2 Å². The smallest absolute Gasteiger partial charge is 0.0223 e. The Balaban J connectivity index is 2.47. The molecule has 0 aliphatic carbocycles. The van der Waals surface area contributed by atoms with Crippen LogP contribution in [0.5, 0.6) is 0 Å². The summed E-state index contributed by atoms with van der Waals surface area (Å²) in [6.07, 6.45) is 0. The van der Waals surface area contributed by atoms with Crippen LogP contribution in [0, 0.1) is 11.8 Å². The summed E-state index contributed by atoms with van der Waals surface area (Å²) in [7, 11) is 0. The first kappa shape index (κ1) is 12.0. The quantitative estimate of drug-likeness (QED) is 0.746. The number of nitrogens with one attached hydrogen (secondary N) is 1. The summed E-state index contributed by atoms with van der Waals surface area (Å²) in [6.45, 7) is 15.2. The summed E-state index contributed by atoms with van der Waals surface area (Å²) in [4.78, 5) is 2.58. The summed E-state index contributed by atoms with van der Waals surface area (Å²) in [5.41, 5.74) is 0. The topological polar surface area (TPSA) is 15.3 Å². The van der Waals surface area contributed by atoms with Gasteiger partial charge in [-0.05, 0) is 25.7 Å². The fourth-order valence-corrected chi connectivity index (χ4v) is 2.09. The fraction of sp³-hybridized carbons (Fsp3) is 1.00. The lowest BCUT2D eigenvalue weighted by atomic mass is 9.89. The summed E-state index contributed by atoms with van der Waals surface area (Å²) >= 11 is 0. The van der Waals surface area contributed by atoms with Gasteiger partial charge in [0.15, 0.2) is 0 Å². The maximum absolute atomic E-state index is 3.64. The first-order valence-corrected chi connectivity index (χ1v) is 5.99. The number of hydrogen-bond acceptors (Lipinski definition) is 2. The van der Waals surface area contributed by atoms with E-state index in [4.69, 9.17) is 0 Å². The fourth-order valence-electron chi connectivity index (χ4n) is 2.09. The maximum Gasteiger partial charge on any atom is 0.0223 e. The van der Waals surface area contributed by atoms with E-state index in [2.05, 4.69) is 44.8 Å². The van der Waals surface area contributed by atoms with Crippen LogP contribution in [0.15, 0.2) is 0 Å². The average molecular weight is 198 g/mol. The molecule has 0 radical (unpaired) electrons. The number of rotatable bonds is 3. The first-order valence-electron chi connectivity index (χ1n) is 5.99. The van der Waals surface area contributed by atoms with Crippen molar-refractivity contribution in [3.8, 4) is 0 Å². The first-order chi connectivity index (χ1) is 6.52. The molecule has 0 aromatic heterocycles. The minimum atomic E-state index is 0.686. The van der Waals surface area contributed by atoms with Gasteiger partial charge in [0.1, 0.15) is 0 Å². The summed E-state index contributed by atoms with van der Waals surface area (Å²) in [5, 5.41) is 3.64. The molecule has 1 aliphatic rings. The second-order valence-electron chi connectivity index (χ2n) is 5.25. The molecule has 0 aromatic rings. The van der Waals surface area contributed by atoms with Gasteiger partial charge in [0.25, 0.3) is 0 Å². The second-order valence-corrected chi connectivity index (χ2v) is 5.25. The van der Waals surface area contributed by atoms with Gasteiger partial charge >= 0.3 is 0 Å². The van der Waals surface area contributed by atoms with Gasteiger partial charge in [0, 0.05) is 31.7 Å². The third kappa shape index (κ3) is 2.96.